The predicted molar refractivity (Wildman–Crippen MR) is 51.6 cm³/mol. The number of nitrogens with two attached hydrogens (primary N) is 1. The van der Waals surface area contributed by atoms with E-state index >= 15 is 0 Å². The van der Waals surface area contributed by atoms with Gasteiger partial charge in [-0.25, -0.2) is 0 Å². The normalized spacial score (nSPS) is 29.3. The summed E-state index contributed by atoms with van der Waals surface area (Å²) in [4.78, 5) is 0. The van der Waals surface area contributed by atoms with Crippen LogP contribution in [0.25, 0.3) is 0 Å². The van der Waals surface area contributed by atoms with Crippen molar-refractivity contribution in [2.45, 2.75) is 6.42 Å². The monoisotopic (exact) mass is 169 g/mol. The Bertz CT molecular complexity index is 212. The van der Waals surface area contributed by atoms with Crippen molar-refractivity contribution in [3.05, 3.63) is 48.2 Å². The fourth-order valence-electron chi connectivity index (χ4n) is 0.726. The van der Waals surface area contributed by atoms with Crippen molar-refractivity contribution in [3.63, 3.8) is 0 Å². The lowest BCUT2D eigenvalue weighted by molar-refractivity contribution is 1.35. The minimum atomic E-state index is 0. The Hall–Kier alpha value is -0.950. The van der Waals surface area contributed by atoms with Gasteiger partial charge >= 0.3 is 0 Å². The Labute approximate surface area is 73.4 Å². The molecule has 0 aromatic carbocycles. The van der Waals surface area contributed by atoms with Gasteiger partial charge in [-0.2, -0.15) is 0 Å². The molecule has 1 aliphatic carbocycles. The molecule has 0 aromatic rings. The molecule has 1 aliphatic rings. The minimum Gasteiger partial charge on any atom is -0.399 e. The predicted octanol–water partition coefficient (Wildman–Crippen LogP) is 2.32. The third kappa shape index (κ3) is 4.45. The molecule has 0 unspecified atom stereocenters. The molecule has 1 rings (SSSR count). The molecular formula is C9H12ClN. The van der Waals surface area contributed by atoms with Gasteiger partial charge in [0.2, 0.25) is 0 Å². The summed E-state index contributed by atoms with van der Waals surface area (Å²) < 4.78 is 0. The summed E-state index contributed by atoms with van der Waals surface area (Å²) in [5, 5.41) is 0. The summed E-state index contributed by atoms with van der Waals surface area (Å²) in [6.07, 6.45) is 14.8. The average molecular weight is 170 g/mol. The van der Waals surface area contributed by atoms with E-state index in [-0.39, 0.29) is 12.4 Å². The average Bonchev–Trinajstić information content (AvgIpc) is 2.02. The second kappa shape index (κ2) is 5.81. The summed E-state index contributed by atoms with van der Waals surface area (Å²) in [7, 11) is 0. The van der Waals surface area contributed by atoms with Crippen molar-refractivity contribution < 1.29 is 0 Å². The summed E-state index contributed by atoms with van der Waals surface area (Å²) in [5.74, 6) is 0. The Morgan fingerprint density at radius 3 is 2.73 bits per heavy atom. The second-order valence-corrected chi connectivity index (χ2v) is 2.12. The van der Waals surface area contributed by atoms with Gasteiger partial charge in [0.25, 0.3) is 0 Å². The fourth-order valence-corrected chi connectivity index (χ4v) is 0.726. The van der Waals surface area contributed by atoms with Crippen LogP contribution >= 0.6 is 12.4 Å². The van der Waals surface area contributed by atoms with Gasteiger partial charge < -0.3 is 5.73 Å². The van der Waals surface area contributed by atoms with Crippen LogP contribution in [0.5, 0.6) is 0 Å². The van der Waals surface area contributed by atoms with E-state index in [0.29, 0.717) is 0 Å². The summed E-state index contributed by atoms with van der Waals surface area (Å²) in [6.45, 7) is 0. The highest BCUT2D eigenvalue weighted by Crippen LogP contribution is 1.95. The molecule has 0 heterocycles. The largest absolute Gasteiger partial charge is 0.399 e. The maximum absolute atomic E-state index is 5.57. The molecule has 0 spiro atoms. The van der Waals surface area contributed by atoms with Crippen molar-refractivity contribution in [3.8, 4) is 0 Å². The molecule has 2 heteroatoms. The fraction of sp³-hybridized carbons (Fsp3) is 0.111. The van der Waals surface area contributed by atoms with E-state index in [1.807, 2.05) is 36.5 Å². The highest BCUT2D eigenvalue weighted by Gasteiger charge is 1.79. The Balaban J connectivity index is 0.000001000. The molecule has 60 valence electrons. The lowest BCUT2D eigenvalue weighted by atomic mass is 10.3. The molecule has 0 saturated carbocycles. The SMILES string of the molecule is Cl.NC1=C/C=C\C=C/C/C=C\1. The van der Waals surface area contributed by atoms with Crippen LogP contribution in [0.2, 0.25) is 0 Å². The lowest BCUT2D eigenvalue weighted by Gasteiger charge is -1.85. The summed E-state index contributed by atoms with van der Waals surface area (Å²) >= 11 is 0. The minimum absolute atomic E-state index is 0. The van der Waals surface area contributed by atoms with E-state index in [1.165, 1.54) is 0 Å². The van der Waals surface area contributed by atoms with Crippen LogP contribution in [0.4, 0.5) is 0 Å². The zero-order valence-corrected chi connectivity index (χ0v) is 7.05. The Morgan fingerprint density at radius 2 is 1.91 bits per heavy atom. The molecule has 2 N–H and O–H groups in total. The quantitative estimate of drug-likeness (QED) is 0.592. The van der Waals surface area contributed by atoms with E-state index in [1.54, 1.807) is 0 Å². The molecule has 0 fully saturated rings. The first-order valence-electron chi connectivity index (χ1n) is 3.35. The van der Waals surface area contributed by atoms with Crippen LogP contribution in [0.15, 0.2) is 48.2 Å². The van der Waals surface area contributed by atoms with Gasteiger partial charge in [0.05, 0.1) is 0 Å². The van der Waals surface area contributed by atoms with Crippen LogP contribution in [0.3, 0.4) is 0 Å². The number of rotatable bonds is 0. The molecule has 0 aliphatic heterocycles. The van der Waals surface area contributed by atoms with E-state index in [9.17, 15) is 0 Å². The van der Waals surface area contributed by atoms with E-state index < -0.39 is 0 Å². The molecule has 0 aromatic heterocycles. The van der Waals surface area contributed by atoms with Crippen molar-refractivity contribution in [1.82, 2.24) is 0 Å². The molecule has 0 atom stereocenters. The molecular weight excluding hydrogens is 158 g/mol. The Morgan fingerprint density at radius 1 is 1.09 bits per heavy atom. The zero-order valence-electron chi connectivity index (χ0n) is 6.23. The van der Waals surface area contributed by atoms with Gasteiger partial charge in [-0.1, -0.05) is 30.4 Å². The Kier molecular flexibility index (Phi) is 5.30. The van der Waals surface area contributed by atoms with Crippen molar-refractivity contribution in [2.24, 2.45) is 5.73 Å². The first-order valence-corrected chi connectivity index (χ1v) is 3.35. The van der Waals surface area contributed by atoms with Gasteiger partial charge in [-0.15, -0.1) is 12.4 Å². The smallest absolute Gasteiger partial charge is 0.0310 e. The number of hydrogen-bond donors (Lipinski definition) is 1. The third-order valence-electron chi connectivity index (χ3n) is 1.23. The molecule has 1 nitrogen and oxygen atoms in total. The van der Waals surface area contributed by atoms with Crippen LogP contribution < -0.4 is 5.73 Å². The first-order chi connectivity index (χ1) is 4.89. The maximum atomic E-state index is 5.57. The highest BCUT2D eigenvalue weighted by molar-refractivity contribution is 5.85. The van der Waals surface area contributed by atoms with Gasteiger partial charge in [-0.3, -0.25) is 0 Å². The van der Waals surface area contributed by atoms with Crippen molar-refractivity contribution >= 4 is 12.4 Å². The van der Waals surface area contributed by atoms with Crippen molar-refractivity contribution in [2.75, 3.05) is 0 Å². The summed E-state index contributed by atoms with van der Waals surface area (Å²) in [6, 6.07) is 0. The van der Waals surface area contributed by atoms with Crippen LogP contribution in [0, 0.1) is 0 Å². The number of halogens is 1. The van der Waals surface area contributed by atoms with Gasteiger partial charge in [-0.05, 0) is 18.6 Å². The van der Waals surface area contributed by atoms with E-state index in [4.69, 9.17) is 5.73 Å². The molecule has 0 saturated heterocycles. The standard InChI is InChI=1S/C9H11N.ClH/c10-9-7-5-3-1-2-4-6-8-9;/h1-3,5-8H,4,10H2;1H/b2-1-,5-3-,8-6-,9-7+;. The molecule has 0 radical (unpaired) electrons. The van der Waals surface area contributed by atoms with Gasteiger partial charge in [0, 0.05) is 5.70 Å². The van der Waals surface area contributed by atoms with Crippen LogP contribution in [0.1, 0.15) is 6.42 Å². The number of allylic oxidation sites excluding steroid dienone is 7. The maximum Gasteiger partial charge on any atom is 0.0310 e. The van der Waals surface area contributed by atoms with Crippen molar-refractivity contribution in [1.29, 1.82) is 0 Å². The highest BCUT2D eigenvalue weighted by atomic mass is 35.5. The third-order valence-corrected chi connectivity index (χ3v) is 1.23. The van der Waals surface area contributed by atoms with Gasteiger partial charge in [0.15, 0.2) is 0 Å². The first kappa shape index (κ1) is 10.0. The topological polar surface area (TPSA) is 26.0 Å². The number of hydrogen-bond acceptors (Lipinski definition) is 1. The van der Waals surface area contributed by atoms with E-state index in [0.717, 1.165) is 12.1 Å². The lowest BCUT2D eigenvalue weighted by Crippen LogP contribution is -1.90. The summed E-state index contributed by atoms with van der Waals surface area (Å²) in [5.41, 5.74) is 6.37. The molecule has 0 amide bonds. The van der Waals surface area contributed by atoms with E-state index in [2.05, 4.69) is 6.08 Å². The van der Waals surface area contributed by atoms with Crippen LogP contribution in [-0.4, -0.2) is 0 Å². The second-order valence-electron chi connectivity index (χ2n) is 2.12. The zero-order chi connectivity index (χ0) is 7.23. The molecule has 11 heavy (non-hydrogen) atoms. The molecule has 0 bridgehead atoms. The van der Waals surface area contributed by atoms with Gasteiger partial charge in [0.1, 0.15) is 0 Å². The van der Waals surface area contributed by atoms with Crippen LogP contribution in [-0.2, 0) is 0 Å².